The van der Waals surface area contributed by atoms with E-state index < -0.39 is 12.1 Å². The monoisotopic (exact) mass is 272 g/mol. The summed E-state index contributed by atoms with van der Waals surface area (Å²) in [6.45, 7) is 3.03. The fourth-order valence-corrected chi connectivity index (χ4v) is 2.10. The van der Waals surface area contributed by atoms with E-state index in [2.05, 4.69) is 0 Å². The molecule has 1 aliphatic heterocycles. The van der Waals surface area contributed by atoms with Gasteiger partial charge in [-0.05, 0) is 19.1 Å². The normalized spacial score (nSPS) is 16.6. The Morgan fingerprint density at radius 1 is 1.05 bits per heavy atom. The molecule has 1 heterocycles. The van der Waals surface area contributed by atoms with Crippen LogP contribution in [0.15, 0.2) is 24.3 Å². The summed E-state index contributed by atoms with van der Waals surface area (Å²) in [6, 6.07) is 7.80. The van der Waals surface area contributed by atoms with Gasteiger partial charge in [0.25, 0.3) is 0 Å². The van der Waals surface area contributed by atoms with E-state index in [1.165, 1.54) is 0 Å². The van der Waals surface area contributed by atoms with Gasteiger partial charge in [-0.2, -0.15) is 13.2 Å². The van der Waals surface area contributed by atoms with Gasteiger partial charge < -0.3 is 9.80 Å². The zero-order valence-electron chi connectivity index (χ0n) is 10.6. The number of aryl methyl sites for hydroxylation is 1. The van der Waals surface area contributed by atoms with Crippen LogP contribution in [0.1, 0.15) is 5.56 Å². The predicted octanol–water partition coefficient (Wildman–Crippen LogP) is 2.21. The van der Waals surface area contributed by atoms with Crippen molar-refractivity contribution in [2.45, 2.75) is 13.1 Å². The van der Waals surface area contributed by atoms with E-state index in [-0.39, 0.29) is 13.1 Å². The Balaban J connectivity index is 1.96. The minimum absolute atomic E-state index is 0.103. The number of anilines is 1. The second-order valence-corrected chi connectivity index (χ2v) is 4.61. The standard InChI is InChI=1S/C13H15F3N2O/c1-10-2-4-11(5-3-10)17-6-8-18(9-7-17)12(19)13(14,15)16/h2-5H,6-9H2,1H3. The third-order valence-electron chi connectivity index (χ3n) is 3.21. The van der Waals surface area contributed by atoms with Gasteiger partial charge >= 0.3 is 12.1 Å². The molecule has 0 spiro atoms. The van der Waals surface area contributed by atoms with Crippen molar-refractivity contribution in [2.24, 2.45) is 0 Å². The Labute approximate surface area is 109 Å². The van der Waals surface area contributed by atoms with Crippen LogP contribution in [0, 0.1) is 6.92 Å². The average molecular weight is 272 g/mol. The second kappa shape index (κ2) is 5.11. The fourth-order valence-electron chi connectivity index (χ4n) is 2.10. The van der Waals surface area contributed by atoms with Crippen molar-refractivity contribution in [1.29, 1.82) is 0 Å². The molecule has 0 aliphatic carbocycles. The molecule has 19 heavy (non-hydrogen) atoms. The average Bonchev–Trinajstić information content (AvgIpc) is 2.38. The molecule has 0 N–H and O–H groups in total. The number of alkyl halides is 3. The van der Waals surface area contributed by atoms with Gasteiger partial charge in [0.2, 0.25) is 0 Å². The van der Waals surface area contributed by atoms with E-state index >= 15 is 0 Å². The number of benzene rings is 1. The number of halogens is 3. The van der Waals surface area contributed by atoms with Crippen LogP contribution in [-0.4, -0.2) is 43.2 Å². The smallest absolute Gasteiger partial charge is 0.368 e. The van der Waals surface area contributed by atoms with Gasteiger partial charge in [-0.25, -0.2) is 0 Å². The first kappa shape index (κ1) is 13.7. The number of carbonyl (C=O) groups excluding carboxylic acids is 1. The van der Waals surface area contributed by atoms with E-state index in [9.17, 15) is 18.0 Å². The lowest BCUT2D eigenvalue weighted by Gasteiger charge is -2.36. The first-order valence-electron chi connectivity index (χ1n) is 6.05. The molecule has 3 nitrogen and oxygen atoms in total. The highest BCUT2D eigenvalue weighted by atomic mass is 19.4. The molecular formula is C13H15F3N2O. The topological polar surface area (TPSA) is 23.6 Å². The molecule has 0 aromatic heterocycles. The molecule has 1 aromatic rings. The largest absolute Gasteiger partial charge is 0.471 e. The second-order valence-electron chi connectivity index (χ2n) is 4.61. The van der Waals surface area contributed by atoms with Crippen molar-refractivity contribution in [3.63, 3.8) is 0 Å². The van der Waals surface area contributed by atoms with Crippen molar-refractivity contribution in [1.82, 2.24) is 4.90 Å². The van der Waals surface area contributed by atoms with Crippen LogP contribution in [0.4, 0.5) is 18.9 Å². The van der Waals surface area contributed by atoms with Crippen molar-refractivity contribution in [3.05, 3.63) is 29.8 Å². The summed E-state index contributed by atoms with van der Waals surface area (Å²) in [6.07, 6.45) is -4.77. The number of hydrogen-bond donors (Lipinski definition) is 0. The third-order valence-corrected chi connectivity index (χ3v) is 3.21. The van der Waals surface area contributed by atoms with Crippen LogP contribution >= 0.6 is 0 Å². The molecule has 0 radical (unpaired) electrons. The maximum Gasteiger partial charge on any atom is 0.471 e. The van der Waals surface area contributed by atoms with Crippen LogP contribution in [-0.2, 0) is 4.79 Å². The summed E-state index contributed by atoms with van der Waals surface area (Å²) < 4.78 is 36.9. The fraction of sp³-hybridized carbons (Fsp3) is 0.462. The molecule has 1 saturated heterocycles. The Bertz CT molecular complexity index is 448. The molecule has 1 fully saturated rings. The summed E-state index contributed by atoms with van der Waals surface area (Å²) in [5.74, 6) is -1.74. The number of rotatable bonds is 1. The van der Waals surface area contributed by atoms with Crippen molar-refractivity contribution >= 4 is 11.6 Å². The van der Waals surface area contributed by atoms with Gasteiger partial charge in [0, 0.05) is 31.9 Å². The number of amides is 1. The molecule has 1 aliphatic rings. The van der Waals surface area contributed by atoms with Crippen molar-refractivity contribution in [2.75, 3.05) is 31.1 Å². The van der Waals surface area contributed by atoms with Gasteiger partial charge in [0.15, 0.2) is 0 Å². The maximum atomic E-state index is 12.3. The molecule has 1 aromatic carbocycles. The van der Waals surface area contributed by atoms with E-state index in [0.29, 0.717) is 13.1 Å². The first-order valence-corrected chi connectivity index (χ1v) is 6.05. The lowest BCUT2D eigenvalue weighted by molar-refractivity contribution is -0.185. The number of carbonyl (C=O) groups is 1. The summed E-state index contributed by atoms with van der Waals surface area (Å²) in [4.78, 5) is 13.9. The lowest BCUT2D eigenvalue weighted by atomic mass is 10.2. The Kier molecular flexibility index (Phi) is 3.68. The Morgan fingerprint density at radius 2 is 1.58 bits per heavy atom. The van der Waals surface area contributed by atoms with Crippen LogP contribution in [0.2, 0.25) is 0 Å². The highest BCUT2D eigenvalue weighted by Gasteiger charge is 2.43. The molecule has 104 valence electrons. The quantitative estimate of drug-likeness (QED) is 0.782. The number of piperazine rings is 1. The highest BCUT2D eigenvalue weighted by Crippen LogP contribution is 2.21. The minimum Gasteiger partial charge on any atom is -0.368 e. The Hall–Kier alpha value is -1.72. The maximum absolute atomic E-state index is 12.3. The molecule has 0 saturated carbocycles. The summed E-state index contributed by atoms with van der Waals surface area (Å²) in [5, 5.41) is 0. The summed E-state index contributed by atoms with van der Waals surface area (Å²) in [5.41, 5.74) is 2.11. The van der Waals surface area contributed by atoms with Crippen molar-refractivity contribution < 1.29 is 18.0 Å². The first-order chi connectivity index (χ1) is 8.88. The number of hydrogen-bond acceptors (Lipinski definition) is 2. The zero-order chi connectivity index (χ0) is 14.0. The lowest BCUT2D eigenvalue weighted by Crippen LogP contribution is -2.52. The van der Waals surface area contributed by atoms with Crippen LogP contribution in [0.25, 0.3) is 0 Å². The molecule has 6 heteroatoms. The van der Waals surface area contributed by atoms with E-state index in [1.54, 1.807) is 0 Å². The highest BCUT2D eigenvalue weighted by molar-refractivity contribution is 5.82. The van der Waals surface area contributed by atoms with Gasteiger partial charge in [-0.15, -0.1) is 0 Å². The summed E-state index contributed by atoms with van der Waals surface area (Å²) >= 11 is 0. The molecule has 1 amide bonds. The molecule has 2 rings (SSSR count). The van der Waals surface area contributed by atoms with Gasteiger partial charge in [-0.1, -0.05) is 17.7 Å². The van der Waals surface area contributed by atoms with E-state index in [0.717, 1.165) is 16.2 Å². The van der Waals surface area contributed by atoms with Crippen LogP contribution in [0.5, 0.6) is 0 Å². The van der Waals surface area contributed by atoms with Gasteiger partial charge in [0.05, 0.1) is 0 Å². The van der Waals surface area contributed by atoms with Crippen LogP contribution < -0.4 is 4.90 Å². The molecular weight excluding hydrogens is 257 g/mol. The van der Waals surface area contributed by atoms with Crippen molar-refractivity contribution in [3.8, 4) is 0 Å². The SMILES string of the molecule is Cc1ccc(N2CCN(C(=O)C(F)(F)F)CC2)cc1. The van der Waals surface area contributed by atoms with Gasteiger partial charge in [0.1, 0.15) is 0 Å². The van der Waals surface area contributed by atoms with E-state index in [4.69, 9.17) is 0 Å². The number of nitrogens with zero attached hydrogens (tertiary/aromatic N) is 2. The molecule has 0 unspecified atom stereocenters. The van der Waals surface area contributed by atoms with E-state index in [1.807, 2.05) is 36.1 Å². The minimum atomic E-state index is -4.77. The molecule has 0 atom stereocenters. The van der Waals surface area contributed by atoms with Crippen LogP contribution in [0.3, 0.4) is 0 Å². The Morgan fingerprint density at radius 3 is 2.05 bits per heavy atom. The molecule has 0 bridgehead atoms. The van der Waals surface area contributed by atoms with Gasteiger partial charge in [-0.3, -0.25) is 4.79 Å². The summed E-state index contributed by atoms with van der Waals surface area (Å²) in [7, 11) is 0. The predicted molar refractivity (Wildman–Crippen MR) is 66.0 cm³/mol. The zero-order valence-corrected chi connectivity index (χ0v) is 10.6. The third kappa shape index (κ3) is 3.19.